The first-order chi connectivity index (χ1) is 10.3. The molecule has 0 unspecified atom stereocenters. The highest BCUT2D eigenvalue weighted by Crippen LogP contribution is 2.17. The number of nitriles is 1. The summed E-state index contributed by atoms with van der Waals surface area (Å²) in [5.41, 5.74) is 0. The van der Waals surface area contributed by atoms with Crippen molar-refractivity contribution in [2.24, 2.45) is 0 Å². The predicted molar refractivity (Wildman–Crippen MR) is 85.8 cm³/mol. The van der Waals surface area contributed by atoms with E-state index in [0.29, 0.717) is 6.42 Å². The van der Waals surface area contributed by atoms with Crippen molar-refractivity contribution in [3.05, 3.63) is 0 Å². The first kappa shape index (κ1) is 18.0. The summed E-state index contributed by atoms with van der Waals surface area (Å²) in [4.78, 5) is 14.3. The van der Waals surface area contributed by atoms with Crippen LogP contribution in [0.1, 0.15) is 71.1 Å². The molecule has 1 N–H and O–H groups in total. The monoisotopic (exact) mass is 293 g/mol. The van der Waals surface area contributed by atoms with Crippen LogP contribution < -0.4 is 5.32 Å². The fourth-order valence-corrected chi connectivity index (χ4v) is 3.00. The molecule has 0 aromatic rings. The quantitative estimate of drug-likeness (QED) is 0.595. The summed E-state index contributed by atoms with van der Waals surface area (Å²) in [7, 11) is 0. The number of unbranched alkanes of at least 4 members (excludes halogenated alkanes) is 6. The van der Waals surface area contributed by atoms with E-state index < -0.39 is 0 Å². The summed E-state index contributed by atoms with van der Waals surface area (Å²) in [5, 5.41) is 11.7. The molecule has 0 aliphatic carbocycles. The van der Waals surface area contributed by atoms with Crippen molar-refractivity contribution in [2.45, 2.75) is 77.2 Å². The molecule has 1 saturated heterocycles. The summed E-state index contributed by atoms with van der Waals surface area (Å²) >= 11 is 0. The maximum absolute atomic E-state index is 12.2. The molecular weight excluding hydrogens is 262 g/mol. The normalized spacial score (nSPS) is 18.6. The van der Waals surface area contributed by atoms with E-state index in [9.17, 15) is 4.79 Å². The van der Waals surface area contributed by atoms with E-state index in [4.69, 9.17) is 5.26 Å². The minimum atomic E-state index is 0.00269. The van der Waals surface area contributed by atoms with E-state index in [1.807, 2.05) is 0 Å². The molecule has 1 aliphatic rings. The van der Waals surface area contributed by atoms with E-state index in [0.717, 1.165) is 38.9 Å². The molecule has 0 aromatic carbocycles. The topological polar surface area (TPSA) is 56.1 Å². The van der Waals surface area contributed by atoms with E-state index in [1.54, 1.807) is 0 Å². The molecule has 120 valence electrons. The van der Waals surface area contributed by atoms with Crippen molar-refractivity contribution in [2.75, 3.05) is 19.6 Å². The maximum atomic E-state index is 12.2. The third-order valence-corrected chi connectivity index (χ3v) is 4.26. The van der Waals surface area contributed by atoms with Gasteiger partial charge in [0, 0.05) is 19.5 Å². The summed E-state index contributed by atoms with van der Waals surface area (Å²) in [6, 6.07) is 2.16. The SMILES string of the molecule is CCCCCCCCCNC(=O)[C@@H]1CCCN1CCC#N. The number of nitrogens with zero attached hydrogens (tertiary/aromatic N) is 2. The standard InChI is InChI=1S/C17H31N3O/c1-2-3-4-5-6-7-8-13-19-17(21)16-11-9-14-20(16)15-10-12-18/h16H,2-11,13-15H2,1H3,(H,19,21)/t16-/m0/s1. The fraction of sp³-hybridized carbons (Fsp3) is 0.882. The Hall–Kier alpha value is -1.08. The first-order valence-electron chi connectivity index (χ1n) is 8.68. The van der Waals surface area contributed by atoms with Crippen molar-refractivity contribution in [3.63, 3.8) is 0 Å². The Kier molecular flexibility index (Phi) is 9.90. The Morgan fingerprint density at radius 2 is 1.95 bits per heavy atom. The van der Waals surface area contributed by atoms with Crippen LogP contribution in [0.4, 0.5) is 0 Å². The molecule has 1 atom stereocenters. The highest BCUT2D eigenvalue weighted by molar-refractivity contribution is 5.82. The van der Waals surface area contributed by atoms with Crippen LogP contribution in [-0.2, 0) is 4.79 Å². The van der Waals surface area contributed by atoms with Crippen LogP contribution >= 0.6 is 0 Å². The van der Waals surface area contributed by atoms with Gasteiger partial charge in [-0.2, -0.15) is 5.26 Å². The van der Waals surface area contributed by atoms with Gasteiger partial charge in [0.25, 0.3) is 0 Å². The lowest BCUT2D eigenvalue weighted by Gasteiger charge is -2.22. The van der Waals surface area contributed by atoms with Gasteiger partial charge in [-0.3, -0.25) is 9.69 Å². The van der Waals surface area contributed by atoms with Crippen LogP contribution in [0.25, 0.3) is 0 Å². The average Bonchev–Trinajstić information content (AvgIpc) is 2.96. The second kappa shape index (κ2) is 11.6. The Bertz CT molecular complexity index is 324. The third kappa shape index (κ3) is 7.47. The molecule has 21 heavy (non-hydrogen) atoms. The number of carbonyl (C=O) groups excluding carboxylic acids is 1. The zero-order valence-electron chi connectivity index (χ0n) is 13.6. The van der Waals surface area contributed by atoms with E-state index >= 15 is 0 Å². The predicted octanol–water partition coefficient (Wildman–Crippen LogP) is 3.23. The molecule has 1 rings (SSSR count). The highest BCUT2D eigenvalue weighted by Gasteiger charge is 2.29. The Morgan fingerprint density at radius 3 is 2.67 bits per heavy atom. The van der Waals surface area contributed by atoms with Gasteiger partial charge in [0.2, 0.25) is 5.91 Å². The van der Waals surface area contributed by atoms with Crippen LogP contribution in [0.15, 0.2) is 0 Å². The minimum absolute atomic E-state index is 0.00269. The second-order valence-electron chi connectivity index (χ2n) is 6.01. The van der Waals surface area contributed by atoms with Crippen LogP contribution in [0.5, 0.6) is 0 Å². The van der Waals surface area contributed by atoms with Crippen LogP contribution in [0.2, 0.25) is 0 Å². The van der Waals surface area contributed by atoms with Gasteiger partial charge >= 0.3 is 0 Å². The van der Waals surface area contributed by atoms with Crippen LogP contribution in [0.3, 0.4) is 0 Å². The summed E-state index contributed by atoms with van der Waals surface area (Å²) in [6.45, 7) is 4.72. The van der Waals surface area contributed by atoms with Gasteiger partial charge in [0.1, 0.15) is 0 Å². The van der Waals surface area contributed by atoms with Gasteiger partial charge in [-0.1, -0.05) is 45.4 Å². The van der Waals surface area contributed by atoms with Gasteiger partial charge in [-0.05, 0) is 25.8 Å². The van der Waals surface area contributed by atoms with Crippen molar-refractivity contribution < 1.29 is 4.79 Å². The molecule has 0 aromatic heterocycles. The number of rotatable bonds is 11. The van der Waals surface area contributed by atoms with Crippen LogP contribution in [-0.4, -0.2) is 36.5 Å². The van der Waals surface area contributed by atoms with E-state index in [2.05, 4.69) is 23.2 Å². The first-order valence-corrected chi connectivity index (χ1v) is 8.68. The largest absolute Gasteiger partial charge is 0.355 e. The average molecular weight is 293 g/mol. The van der Waals surface area contributed by atoms with Gasteiger partial charge in [-0.25, -0.2) is 0 Å². The van der Waals surface area contributed by atoms with Gasteiger partial charge in [0.15, 0.2) is 0 Å². The van der Waals surface area contributed by atoms with E-state index in [1.165, 1.54) is 38.5 Å². The number of hydrogen-bond acceptors (Lipinski definition) is 3. The molecule has 0 bridgehead atoms. The summed E-state index contributed by atoms with van der Waals surface area (Å²) in [5.74, 6) is 0.163. The van der Waals surface area contributed by atoms with E-state index in [-0.39, 0.29) is 11.9 Å². The zero-order valence-corrected chi connectivity index (χ0v) is 13.6. The zero-order chi connectivity index (χ0) is 15.3. The Labute approximate surface area is 129 Å². The van der Waals surface area contributed by atoms with Crippen molar-refractivity contribution >= 4 is 5.91 Å². The highest BCUT2D eigenvalue weighted by atomic mass is 16.2. The molecule has 0 saturated carbocycles. The Balaban J connectivity index is 2.06. The molecule has 0 radical (unpaired) electrons. The number of carbonyl (C=O) groups is 1. The molecule has 4 heteroatoms. The summed E-state index contributed by atoms with van der Waals surface area (Å²) < 4.78 is 0. The van der Waals surface area contributed by atoms with Crippen LogP contribution in [0, 0.1) is 11.3 Å². The number of likely N-dealkylation sites (tertiary alicyclic amines) is 1. The van der Waals surface area contributed by atoms with Crippen molar-refractivity contribution in [1.82, 2.24) is 10.2 Å². The summed E-state index contributed by atoms with van der Waals surface area (Å²) in [6.07, 6.45) is 11.4. The minimum Gasteiger partial charge on any atom is -0.355 e. The number of amides is 1. The van der Waals surface area contributed by atoms with Gasteiger partial charge in [-0.15, -0.1) is 0 Å². The molecule has 0 spiro atoms. The molecule has 4 nitrogen and oxygen atoms in total. The third-order valence-electron chi connectivity index (χ3n) is 4.26. The van der Waals surface area contributed by atoms with Crippen molar-refractivity contribution in [1.29, 1.82) is 5.26 Å². The van der Waals surface area contributed by atoms with Crippen molar-refractivity contribution in [3.8, 4) is 6.07 Å². The number of hydrogen-bond donors (Lipinski definition) is 1. The number of nitrogens with one attached hydrogen (secondary N) is 1. The lowest BCUT2D eigenvalue weighted by atomic mass is 10.1. The molecule has 1 heterocycles. The maximum Gasteiger partial charge on any atom is 0.237 e. The molecule has 1 aliphatic heterocycles. The lowest BCUT2D eigenvalue weighted by Crippen LogP contribution is -2.43. The second-order valence-corrected chi connectivity index (χ2v) is 6.01. The fourth-order valence-electron chi connectivity index (χ4n) is 3.00. The smallest absolute Gasteiger partial charge is 0.237 e. The molecular formula is C17H31N3O. The molecule has 1 amide bonds. The lowest BCUT2D eigenvalue weighted by molar-refractivity contribution is -0.125. The Morgan fingerprint density at radius 1 is 1.24 bits per heavy atom. The molecule has 1 fully saturated rings. The van der Waals surface area contributed by atoms with Gasteiger partial charge < -0.3 is 5.32 Å². The van der Waals surface area contributed by atoms with Gasteiger partial charge in [0.05, 0.1) is 12.1 Å².